The largest absolute Gasteiger partial charge is 0.508 e. The number of rotatable bonds is 2. The summed E-state index contributed by atoms with van der Waals surface area (Å²) in [5.41, 5.74) is 2.12. The van der Waals surface area contributed by atoms with Crippen molar-refractivity contribution in [1.29, 1.82) is 0 Å². The minimum absolute atomic E-state index is 0.0160. The molecule has 27 heavy (non-hydrogen) atoms. The van der Waals surface area contributed by atoms with Gasteiger partial charge in [0.15, 0.2) is 11.9 Å². The first-order valence-corrected chi connectivity index (χ1v) is 8.35. The molecule has 3 aromatic carbocycles. The van der Waals surface area contributed by atoms with E-state index in [1.807, 2.05) is 0 Å². The number of ketones is 1. The zero-order valence-electron chi connectivity index (χ0n) is 14.2. The predicted molar refractivity (Wildman–Crippen MR) is 100.0 cm³/mol. The van der Waals surface area contributed by atoms with E-state index >= 15 is 0 Å². The average Bonchev–Trinajstić information content (AvgIpc) is 2.67. The van der Waals surface area contributed by atoms with Gasteiger partial charge in [0.25, 0.3) is 0 Å². The Morgan fingerprint density at radius 1 is 0.778 bits per heavy atom. The highest BCUT2D eigenvalue weighted by Gasteiger charge is 2.33. The molecule has 134 valence electrons. The first kappa shape index (κ1) is 16.7. The number of Topliss-reactive ketones (excluding diaryl/α,β-unsaturated/α-hetero) is 1. The Balaban J connectivity index is 1.85. The number of benzene rings is 3. The maximum atomic E-state index is 13.1. The lowest BCUT2D eigenvalue weighted by Crippen LogP contribution is -2.23. The zero-order valence-corrected chi connectivity index (χ0v) is 14.2. The van der Waals surface area contributed by atoms with E-state index in [0.29, 0.717) is 16.9 Å². The van der Waals surface area contributed by atoms with E-state index in [0.717, 1.165) is 5.56 Å². The van der Waals surface area contributed by atoms with Gasteiger partial charge in [-0.05, 0) is 59.7 Å². The van der Waals surface area contributed by atoms with Crippen LogP contribution in [0.4, 0.5) is 0 Å². The van der Waals surface area contributed by atoms with Crippen LogP contribution < -0.4 is 4.74 Å². The molecule has 1 heterocycles. The van der Waals surface area contributed by atoms with E-state index in [4.69, 9.17) is 4.74 Å². The van der Waals surface area contributed by atoms with Crippen LogP contribution in [0.1, 0.15) is 27.6 Å². The second-order valence-electron chi connectivity index (χ2n) is 6.29. The molecule has 0 aromatic heterocycles. The molecule has 0 bridgehead atoms. The zero-order chi connectivity index (χ0) is 19.0. The average molecular weight is 360 g/mol. The summed E-state index contributed by atoms with van der Waals surface area (Å²) in [5, 5.41) is 28.8. The molecule has 1 atom stereocenters. The van der Waals surface area contributed by atoms with Crippen molar-refractivity contribution in [2.45, 2.75) is 6.10 Å². The lowest BCUT2D eigenvalue weighted by atomic mass is 9.89. The molecule has 0 spiro atoms. The van der Waals surface area contributed by atoms with Crippen LogP contribution in [-0.4, -0.2) is 21.1 Å². The Bertz CT molecular complexity index is 1030. The van der Waals surface area contributed by atoms with Crippen LogP contribution in [-0.2, 0) is 0 Å². The van der Waals surface area contributed by atoms with Crippen LogP contribution in [0.25, 0.3) is 6.08 Å². The SMILES string of the molecule is O=C1C(=Cc2ccc(O)cc2)C(c2ccc(O)cc2)Oc2ccc(O)cc21. The van der Waals surface area contributed by atoms with Crippen LogP contribution in [0.15, 0.2) is 72.3 Å². The van der Waals surface area contributed by atoms with Gasteiger partial charge in [-0.1, -0.05) is 24.3 Å². The standard InChI is InChI=1S/C22H16O5/c23-15-5-1-13(2-6-15)11-19-21(26)18-12-17(25)9-10-20(18)27-22(19)14-3-7-16(24)8-4-14/h1-12,22-25H. The number of aromatic hydroxyl groups is 3. The number of fused-ring (bicyclic) bond motifs is 1. The van der Waals surface area contributed by atoms with Gasteiger partial charge in [0, 0.05) is 5.57 Å². The minimum atomic E-state index is -0.663. The quantitative estimate of drug-likeness (QED) is 0.596. The number of hydrogen-bond acceptors (Lipinski definition) is 5. The first-order valence-electron chi connectivity index (χ1n) is 8.35. The third-order valence-electron chi connectivity index (χ3n) is 4.41. The van der Waals surface area contributed by atoms with Gasteiger partial charge in [-0.25, -0.2) is 0 Å². The third-order valence-corrected chi connectivity index (χ3v) is 4.41. The second kappa shape index (κ2) is 6.53. The molecule has 3 aromatic rings. The number of hydrogen-bond donors (Lipinski definition) is 3. The fourth-order valence-corrected chi connectivity index (χ4v) is 3.05. The Kier molecular flexibility index (Phi) is 4.05. The Hall–Kier alpha value is -3.73. The van der Waals surface area contributed by atoms with Gasteiger partial charge in [-0.2, -0.15) is 0 Å². The van der Waals surface area contributed by atoms with Gasteiger partial charge in [0.05, 0.1) is 5.56 Å². The minimum Gasteiger partial charge on any atom is -0.508 e. The predicted octanol–water partition coefficient (Wildman–Crippen LogP) is 4.20. The lowest BCUT2D eigenvalue weighted by Gasteiger charge is -2.28. The normalized spacial score (nSPS) is 17.4. The molecule has 0 amide bonds. The van der Waals surface area contributed by atoms with E-state index in [1.54, 1.807) is 36.4 Å². The van der Waals surface area contributed by atoms with Gasteiger partial charge in [0.2, 0.25) is 0 Å². The van der Waals surface area contributed by atoms with Gasteiger partial charge < -0.3 is 20.1 Å². The number of ether oxygens (including phenoxy) is 1. The smallest absolute Gasteiger partial charge is 0.196 e. The van der Waals surface area contributed by atoms with Gasteiger partial charge >= 0.3 is 0 Å². The maximum absolute atomic E-state index is 13.1. The summed E-state index contributed by atoms with van der Waals surface area (Å²) in [7, 11) is 0. The Morgan fingerprint density at radius 3 is 2.04 bits per heavy atom. The summed E-state index contributed by atoms with van der Waals surface area (Å²) in [6.45, 7) is 0. The summed E-state index contributed by atoms with van der Waals surface area (Å²) in [4.78, 5) is 13.1. The molecule has 1 aliphatic rings. The topological polar surface area (TPSA) is 87.0 Å². The highest BCUT2D eigenvalue weighted by molar-refractivity contribution is 6.14. The molecule has 0 aliphatic carbocycles. The number of carbonyl (C=O) groups is 1. The molecule has 0 saturated heterocycles. The van der Waals surface area contributed by atoms with Crippen molar-refractivity contribution in [3.8, 4) is 23.0 Å². The second-order valence-corrected chi connectivity index (χ2v) is 6.29. The number of carbonyl (C=O) groups excluding carboxylic acids is 1. The van der Waals surface area contributed by atoms with Crippen molar-refractivity contribution in [2.24, 2.45) is 0 Å². The molecule has 4 rings (SSSR count). The summed E-state index contributed by atoms with van der Waals surface area (Å²) in [5.74, 6) is 0.374. The molecule has 0 fully saturated rings. The highest BCUT2D eigenvalue weighted by Crippen LogP contribution is 2.40. The molecule has 1 aliphatic heterocycles. The summed E-state index contributed by atoms with van der Waals surface area (Å²) in [6, 6.07) is 17.3. The highest BCUT2D eigenvalue weighted by atomic mass is 16.5. The van der Waals surface area contributed by atoms with Crippen molar-refractivity contribution in [2.75, 3.05) is 0 Å². The Labute approximate surface area is 155 Å². The molecule has 0 radical (unpaired) electrons. The molecule has 3 N–H and O–H groups in total. The molecular weight excluding hydrogens is 344 g/mol. The van der Waals surface area contributed by atoms with Gasteiger partial charge in [0.1, 0.15) is 23.0 Å². The van der Waals surface area contributed by atoms with Crippen LogP contribution in [0.5, 0.6) is 23.0 Å². The first-order chi connectivity index (χ1) is 13.0. The van der Waals surface area contributed by atoms with Gasteiger partial charge in [-0.3, -0.25) is 4.79 Å². The number of phenols is 3. The van der Waals surface area contributed by atoms with Crippen LogP contribution >= 0.6 is 0 Å². The van der Waals surface area contributed by atoms with Crippen molar-refractivity contribution >= 4 is 11.9 Å². The molecule has 0 saturated carbocycles. The Morgan fingerprint density at radius 2 is 1.37 bits per heavy atom. The number of phenolic OH excluding ortho intramolecular Hbond substituents is 3. The fourth-order valence-electron chi connectivity index (χ4n) is 3.05. The molecule has 5 nitrogen and oxygen atoms in total. The van der Waals surface area contributed by atoms with E-state index in [9.17, 15) is 20.1 Å². The summed E-state index contributed by atoms with van der Waals surface area (Å²) in [6.07, 6.45) is 1.04. The molecule has 5 heteroatoms. The molecule has 1 unspecified atom stereocenters. The van der Waals surface area contributed by atoms with Crippen molar-refractivity contribution < 1.29 is 24.9 Å². The van der Waals surface area contributed by atoms with Crippen LogP contribution in [0.3, 0.4) is 0 Å². The van der Waals surface area contributed by atoms with Crippen molar-refractivity contribution in [1.82, 2.24) is 0 Å². The third kappa shape index (κ3) is 3.22. The monoisotopic (exact) mass is 360 g/mol. The van der Waals surface area contributed by atoms with E-state index in [2.05, 4.69) is 0 Å². The molecular formula is C22H16O5. The van der Waals surface area contributed by atoms with E-state index < -0.39 is 6.10 Å². The van der Waals surface area contributed by atoms with E-state index in [-0.39, 0.29) is 28.6 Å². The van der Waals surface area contributed by atoms with Crippen molar-refractivity contribution in [3.05, 3.63) is 89.0 Å². The maximum Gasteiger partial charge on any atom is 0.196 e. The lowest BCUT2D eigenvalue weighted by molar-refractivity contribution is 0.0963. The van der Waals surface area contributed by atoms with Crippen LogP contribution in [0.2, 0.25) is 0 Å². The summed E-state index contributed by atoms with van der Waals surface area (Å²) < 4.78 is 6.06. The summed E-state index contributed by atoms with van der Waals surface area (Å²) >= 11 is 0. The van der Waals surface area contributed by atoms with Gasteiger partial charge in [-0.15, -0.1) is 0 Å². The van der Waals surface area contributed by atoms with Crippen LogP contribution in [0, 0.1) is 0 Å². The van der Waals surface area contributed by atoms with Crippen molar-refractivity contribution in [3.63, 3.8) is 0 Å². The fraction of sp³-hybridized carbons (Fsp3) is 0.0455. The van der Waals surface area contributed by atoms with E-state index in [1.165, 1.54) is 36.4 Å².